The first-order valence-corrected chi connectivity index (χ1v) is 6.84. The smallest absolute Gasteiger partial charge is 0.228 e. The monoisotopic (exact) mass is 258 g/mol. The number of carbonyl (C=O) groups is 1. The van der Waals surface area contributed by atoms with Gasteiger partial charge in [-0.3, -0.25) is 4.79 Å². The average Bonchev–Trinajstić information content (AvgIpc) is 2.86. The van der Waals surface area contributed by atoms with E-state index in [9.17, 15) is 4.79 Å². The second-order valence-corrected chi connectivity index (χ2v) is 4.67. The van der Waals surface area contributed by atoms with Crippen LogP contribution in [0.15, 0.2) is 0 Å². The molecule has 0 radical (unpaired) electrons. The molecular weight excluding hydrogens is 232 g/mol. The second kappa shape index (κ2) is 8.45. The number of nitrogens with two attached hydrogens (primary N) is 1. The molecule has 18 heavy (non-hydrogen) atoms. The van der Waals surface area contributed by atoms with Gasteiger partial charge in [-0.1, -0.05) is 6.92 Å². The molecule has 1 aliphatic heterocycles. The van der Waals surface area contributed by atoms with Crippen LogP contribution < -0.4 is 5.73 Å². The topological polar surface area (TPSA) is 64.8 Å². The normalized spacial score (nSPS) is 23.3. The van der Waals surface area contributed by atoms with Gasteiger partial charge in [0.25, 0.3) is 0 Å². The van der Waals surface area contributed by atoms with E-state index in [1.165, 1.54) is 0 Å². The summed E-state index contributed by atoms with van der Waals surface area (Å²) in [6, 6.07) is 0. The summed E-state index contributed by atoms with van der Waals surface area (Å²) in [4.78, 5) is 14.3. The molecule has 1 saturated heterocycles. The minimum Gasteiger partial charge on any atom is -0.383 e. The van der Waals surface area contributed by atoms with Gasteiger partial charge in [-0.15, -0.1) is 0 Å². The molecule has 0 aromatic carbocycles. The highest BCUT2D eigenvalue weighted by atomic mass is 16.5. The first-order chi connectivity index (χ1) is 8.74. The fourth-order valence-electron chi connectivity index (χ4n) is 2.38. The van der Waals surface area contributed by atoms with Gasteiger partial charge >= 0.3 is 0 Å². The van der Waals surface area contributed by atoms with Gasteiger partial charge in [0.2, 0.25) is 5.91 Å². The number of rotatable bonds is 8. The van der Waals surface area contributed by atoms with Crippen molar-refractivity contribution < 1.29 is 14.3 Å². The largest absolute Gasteiger partial charge is 0.383 e. The van der Waals surface area contributed by atoms with Crippen LogP contribution in [0.1, 0.15) is 26.2 Å². The lowest BCUT2D eigenvalue weighted by molar-refractivity contribution is -0.138. The predicted molar refractivity (Wildman–Crippen MR) is 70.3 cm³/mol. The molecule has 0 saturated carbocycles. The van der Waals surface area contributed by atoms with E-state index in [0.717, 1.165) is 19.3 Å². The number of carbonyl (C=O) groups excluding carboxylic acids is 1. The summed E-state index contributed by atoms with van der Waals surface area (Å²) in [6.45, 7) is 5.29. The molecule has 5 nitrogen and oxygen atoms in total. The van der Waals surface area contributed by atoms with E-state index in [2.05, 4.69) is 6.92 Å². The highest BCUT2D eigenvalue weighted by molar-refractivity contribution is 5.79. The van der Waals surface area contributed by atoms with Crippen LogP contribution in [0.5, 0.6) is 0 Å². The van der Waals surface area contributed by atoms with Crippen molar-refractivity contribution in [2.45, 2.75) is 32.3 Å². The van der Waals surface area contributed by atoms with Gasteiger partial charge < -0.3 is 20.1 Å². The van der Waals surface area contributed by atoms with Crippen LogP contribution in [0.2, 0.25) is 0 Å². The van der Waals surface area contributed by atoms with Crippen molar-refractivity contribution >= 4 is 5.91 Å². The van der Waals surface area contributed by atoms with Crippen molar-refractivity contribution in [2.75, 3.05) is 40.0 Å². The number of nitrogens with zero attached hydrogens (tertiary/aromatic N) is 1. The molecule has 1 fully saturated rings. The van der Waals surface area contributed by atoms with Crippen LogP contribution >= 0.6 is 0 Å². The first kappa shape index (κ1) is 15.4. The third-order valence-corrected chi connectivity index (χ3v) is 3.44. The molecule has 0 aromatic rings. The number of ether oxygens (including phenoxy) is 2. The number of hydrogen-bond donors (Lipinski definition) is 1. The molecule has 1 heterocycles. The third-order valence-electron chi connectivity index (χ3n) is 3.44. The SMILES string of the molecule is CCC1OCCC1C(=O)N(CCCN)CCOC. The van der Waals surface area contributed by atoms with Crippen molar-refractivity contribution in [3.05, 3.63) is 0 Å². The Hall–Kier alpha value is -0.650. The van der Waals surface area contributed by atoms with Crippen LogP contribution in [0.3, 0.4) is 0 Å². The Morgan fingerprint density at radius 2 is 2.28 bits per heavy atom. The van der Waals surface area contributed by atoms with Gasteiger partial charge in [0.15, 0.2) is 0 Å². The van der Waals surface area contributed by atoms with Gasteiger partial charge in [-0.05, 0) is 25.8 Å². The van der Waals surface area contributed by atoms with Crippen molar-refractivity contribution in [1.29, 1.82) is 0 Å². The Bertz CT molecular complexity index is 240. The fourth-order valence-corrected chi connectivity index (χ4v) is 2.38. The van der Waals surface area contributed by atoms with E-state index >= 15 is 0 Å². The van der Waals surface area contributed by atoms with Crippen LogP contribution in [0.25, 0.3) is 0 Å². The van der Waals surface area contributed by atoms with Crippen LogP contribution in [-0.4, -0.2) is 56.9 Å². The maximum atomic E-state index is 12.5. The Morgan fingerprint density at radius 3 is 2.89 bits per heavy atom. The van der Waals surface area contributed by atoms with Crippen LogP contribution in [-0.2, 0) is 14.3 Å². The highest BCUT2D eigenvalue weighted by Gasteiger charge is 2.35. The van der Waals surface area contributed by atoms with Crippen molar-refractivity contribution in [3.8, 4) is 0 Å². The molecule has 2 atom stereocenters. The molecule has 2 unspecified atom stereocenters. The second-order valence-electron chi connectivity index (χ2n) is 4.67. The highest BCUT2D eigenvalue weighted by Crippen LogP contribution is 2.25. The number of methoxy groups -OCH3 is 1. The zero-order valence-corrected chi connectivity index (χ0v) is 11.6. The van der Waals surface area contributed by atoms with Crippen LogP contribution in [0.4, 0.5) is 0 Å². The summed E-state index contributed by atoms with van der Waals surface area (Å²) >= 11 is 0. The maximum Gasteiger partial charge on any atom is 0.228 e. The van der Waals surface area contributed by atoms with E-state index < -0.39 is 0 Å². The zero-order valence-electron chi connectivity index (χ0n) is 11.6. The van der Waals surface area contributed by atoms with E-state index in [-0.39, 0.29) is 17.9 Å². The zero-order chi connectivity index (χ0) is 13.4. The summed E-state index contributed by atoms with van der Waals surface area (Å²) in [5, 5.41) is 0. The predicted octanol–water partition coefficient (Wildman–Crippen LogP) is 0.625. The number of hydrogen-bond acceptors (Lipinski definition) is 4. The molecule has 0 bridgehead atoms. The summed E-state index contributed by atoms with van der Waals surface area (Å²) in [7, 11) is 1.65. The van der Waals surface area contributed by atoms with Gasteiger partial charge in [-0.2, -0.15) is 0 Å². The van der Waals surface area contributed by atoms with E-state index in [4.69, 9.17) is 15.2 Å². The van der Waals surface area contributed by atoms with Crippen LogP contribution in [0, 0.1) is 5.92 Å². The molecular formula is C13H26N2O3. The summed E-state index contributed by atoms with van der Waals surface area (Å²) in [6.07, 6.45) is 2.65. The van der Waals surface area contributed by atoms with E-state index in [0.29, 0.717) is 32.8 Å². The minimum atomic E-state index is 0.0182. The third kappa shape index (κ3) is 4.23. The Labute approximate surface area is 110 Å². The Kier molecular flexibility index (Phi) is 7.23. The lowest BCUT2D eigenvalue weighted by Gasteiger charge is -2.27. The van der Waals surface area contributed by atoms with Gasteiger partial charge in [0, 0.05) is 26.8 Å². The molecule has 1 rings (SSSR count). The summed E-state index contributed by atoms with van der Waals surface area (Å²) in [5.41, 5.74) is 5.52. The summed E-state index contributed by atoms with van der Waals surface area (Å²) < 4.78 is 10.7. The molecule has 1 aliphatic rings. The lowest BCUT2D eigenvalue weighted by atomic mass is 9.98. The fraction of sp³-hybridized carbons (Fsp3) is 0.923. The molecule has 5 heteroatoms. The Morgan fingerprint density at radius 1 is 1.50 bits per heavy atom. The average molecular weight is 258 g/mol. The standard InChI is InChI=1S/C13H26N2O3/c1-3-12-11(5-9-18-12)13(16)15(7-4-6-14)8-10-17-2/h11-12H,3-10,14H2,1-2H3. The molecule has 0 aliphatic carbocycles. The van der Waals surface area contributed by atoms with Crippen molar-refractivity contribution in [2.24, 2.45) is 11.7 Å². The lowest BCUT2D eigenvalue weighted by Crippen LogP contribution is -2.42. The Balaban J connectivity index is 2.56. The number of amides is 1. The molecule has 1 amide bonds. The van der Waals surface area contributed by atoms with Gasteiger partial charge in [0.1, 0.15) is 0 Å². The van der Waals surface area contributed by atoms with Crippen molar-refractivity contribution in [3.63, 3.8) is 0 Å². The quantitative estimate of drug-likeness (QED) is 0.693. The molecule has 106 valence electrons. The van der Waals surface area contributed by atoms with Crippen molar-refractivity contribution in [1.82, 2.24) is 4.90 Å². The molecule has 0 spiro atoms. The first-order valence-electron chi connectivity index (χ1n) is 6.84. The van der Waals surface area contributed by atoms with Gasteiger partial charge in [0.05, 0.1) is 18.6 Å². The molecule has 2 N–H and O–H groups in total. The summed E-state index contributed by atoms with van der Waals surface area (Å²) in [5.74, 6) is 0.217. The minimum absolute atomic E-state index is 0.0182. The van der Waals surface area contributed by atoms with Gasteiger partial charge in [-0.25, -0.2) is 0 Å². The maximum absolute atomic E-state index is 12.5. The molecule has 0 aromatic heterocycles. The van der Waals surface area contributed by atoms with E-state index in [1.807, 2.05) is 4.90 Å². The van der Waals surface area contributed by atoms with E-state index in [1.54, 1.807) is 7.11 Å².